The summed E-state index contributed by atoms with van der Waals surface area (Å²) in [6, 6.07) is 12.0. The minimum atomic E-state index is 0.242. The summed E-state index contributed by atoms with van der Waals surface area (Å²) in [4.78, 5) is 0. The van der Waals surface area contributed by atoms with Crippen LogP contribution in [0, 0.1) is 0 Å². The van der Waals surface area contributed by atoms with E-state index in [9.17, 15) is 0 Å². The maximum atomic E-state index is 8.74. The van der Waals surface area contributed by atoms with Crippen molar-refractivity contribution in [3.8, 4) is 11.3 Å². The Labute approximate surface area is 94.8 Å². The first kappa shape index (κ1) is 10.8. The third-order valence-electron chi connectivity index (χ3n) is 2.45. The van der Waals surface area contributed by atoms with Gasteiger partial charge < -0.3 is 5.11 Å². The van der Waals surface area contributed by atoms with Crippen molar-refractivity contribution in [2.24, 2.45) is 0 Å². The minimum Gasteiger partial charge on any atom is -0.396 e. The van der Waals surface area contributed by atoms with Gasteiger partial charge in [0.05, 0.1) is 5.69 Å². The van der Waals surface area contributed by atoms with Gasteiger partial charge in [-0.2, -0.15) is 10.2 Å². The Morgan fingerprint density at radius 2 is 1.88 bits per heavy atom. The van der Waals surface area contributed by atoms with E-state index in [1.165, 1.54) is 5.56 Å². The lowest BCUT2D eigenvalue weighted by molar-refractivity contribution is 0.288. The molecule has 16 heavy (non-hydrogen) atoms. The topological polar surface area (TPSA) is 46.0 Å². The third-order valence-corrected chi connectivity index (χ3v) is 2.45. The Hall–Kier alpha value is -1.74. The summed E-state index contributed by atoms with van der Waals surface area (Å²) >= 11 is 0. The van der Waals surface area contributed by atoms with Crippen LogP contribution in [0.2, 0.25) is 0 Å². The molecule has 1 aromatic heterocycles. The highest BCUT2D eigenvalue weighted by molar-refractivity contribution is 5.58. The summed E-state index contributed by atoms with van der Waals surface area (Å²) in [6.07, 6.45) is 3.39. The summed E-state index contributed by atoms with van der Waals surface area (Å²) in [5.41, 5.74) is 3.19. The molecule has 2 aromatic rings. The second-order valence-electron chi connectivity index (χ2n) is 3.63. The van der Waals surface area contributed by atoms with Gasteiger partial charge in [0.15, 0.2) is 0 Å². The second kappa shape index (κ2) is 5.37. The molecular weight excluding hydrogens is 200 g/mol. The van der Waals surface area contributed by atoms with Crippen LogP contribution in [0.4, 0.5) is 0 Å². The molecule has 0 radical (unpaired) electrons. The molecule has 0 aliphatic rings. The summed E-state index contributed by atoms with van der Waals surface area (Å²) < 4.78 is 0. The van der Waals surface area contributed by atoms with Crippen LogP contribution in [0.25, 0.3) is 11.3 Å². The highest BCUT2D eigenvalue weighted by Gasteiger charge is 1.98. The van der Waals surface area contributed by atoms with Gasteiger partial charge >= 0.3 is 0 Å². The van der Waals surface area contributed by atoms with E-state index in [-0.39, 0.29) is 6.61 Å². The molecule has 0 bridgehead atoms. The Balaban J connectivity index is 2.13. The van der Waals surface area contributed by atoms with E-state index in [0.717, 1.165) is 24.1 Å². The monoisotopic (exact) mass is 214 g/mol. The summed E-state index contributed by atoms with van der Waals surface area (Å²) in [5.74, 6) is 0. The van der Waals surface area contributed by atoms with Gasteiger partial charge in [-0.25, -0.2) is 0 Å². The number of benzene rings is 1. The fourth-order valence-electron chi connectivity index (χ4n) is 1.58. The molecule has 0 aliphatic heterocycles. The molecule has 0 saturated heterocycles. The van der Waals surface area contributed by atoms with Crippen molar-refractivity contribution in [1.82, 2.24) is 10.2 Å². The van der Waals surface area contributed by atoms with E-state index in [1.54, 1.807) is 6.20 Å². The van der Waals surface area contributed by atoms with Crippen LogP contribution in [0.5, 0.6) is 0 Å². The molecule has 0 atom stereocenters. The molecular formula is C13H14N2O. The zero-order valence-corrected chi connectivity index (χ0v) is 9.00. The normalized spacial score (nSPS) is 10.3. The third kappa shape index (κ3) is 2.64. The summed E-state index contributed by atoms with van der Waals surface area (Å²) in [7, 11) is 0. The predicted octanol–water partition coefficient (Wildman–Crippen LogP) is 2.07. The number of hydrogen-bond donors (Lipinski definition) is 1. The van der Waals surface area contributed by atoms with Crippen LogP contribution in [0.1, 0.15) is 12.0 Å². The number of aryl methyl sites for hydroxylation is 1. The summed E-state index contributed by atoms with van der Waals surface area (Å²) in [5, 5.41) is 16.6. The highest BCUT2D eigenvalue weighted by atomic mass is 16.2. The fourth-order valence-corrected chi connectivity index (χ4v) is 1.58. The van der Waals surface area contributed by atoms with Crippen molar-refractivity contribution in [1.29, 1.82) is 0 Å². The maximum Gasteiger partial charge on any atom is 0.0929 e. The lowest BCUT2D eigenvalue weighted by Gasteiger charge is -2.02. The van der Waals surface area contributed by atoms with Crippen molar-refractivity contribution in [2.45, 2.75) is 12.8 Å². The largest absolute Gasteiger partial charge is 0.396 e. The van der Waals surface area contributed by atoms with E-state index in [0.29, 0.717) is 0 Å². The van der Waals surface area contributed by atoms with Crippen LogP contribution in [0.15, 0.2) is 42.6 Å². The first-order valence-electron chi connectivity index (χ1n) is 5.38. The molecule has 0 spiro atoms. The number of nitrogens with zero attached hydrogens (tertiary/aromatic N) is 2. The number of aliphatic hydroxyl groups excluding tert-OH is 1. The Kier molecular flexibility index (Phi) is 3.62. The first-order chi connectivity index (χ1) is 7.90. The minimum absolute atomic E-state index is 0.242. The molecule has 0 amide bonds. The van der Waals surface area contributed by atoms with Crippen molar-refractivity contribution in [2.75, 3.05) is 6.61 Å². The number of hydrogen-bond acceptors (Lipinski definition) is 3. The summed E-state index contributed by atoms with van der Waals surface area (Å²) in [6.45, 7) is 0.242. The smallest absolute Gasteiger partial charge is 0.0929 e. The zero-order valence-electron chi connectivity index (χ0n) is 9.00. The van der Waals surface area contributed by atoms with E-state index >= 15 is 0 Å². The van der Waals surface area contributed by atoms with Crippen LogP contribution >= 0.6 is 0 Å². The standard InChI is InChI=1S/C13H14N2O/c16-10-2-3-11-5-7-12(8-6-11)13-4-1-9-14-15-13/h1,4-9,16H,2-3,10H2. The fraction of sp³-hybridized carbons (Fsp3) is 0.231. The van der Waals surface area contributed by atoms with Crippen molar-refractivity contribution in [3.63, 3.8) is 0 Å². The molecule has 82 valence electrons. The van der Waals surface area contributed by atoms with E-state index in [1.807, 2.05) is 24.3 Å². The van der Waals surface area contributed by atoms with Gasteiger partial charge in [-0.15, -0.1) is 0 Å². The lowest BCUT2D eigenvalue weighted by Crippen LogP contribution is -1.90. The van der Waals surface area contributed by atoms with Gasteiger partial charge in [-0.1, -0.05) is 24.3 Å². The van der Waals surface area contributed by atoms with Gasteiger partial charge in [0, 0.05) is 18.4 Å². The molecule has 0 aliphatic carbocycles. The van der Waals surface area contributed by atoms with Crippen LogP contribution in [-0.2, 0) is 6.42 Å². The van der Waals surface area contributed by atoms with Gasteiger partial charge in [0.1, 0.15) is 0 Å². The highest BCUT2D eigenvalue weighted by Crippen LogP contribution is 2.16. The average Bonchev–Trinajstić information content (AvgIpc) is 2.38. The Bertz CT molecular complexity index is 425. The van der Waals surface area contributed by atoms with Crippen molar-refractivity contribution in [3.05, 3.63) is 48.2 Å². The van der Waals surface area contributed by atoms with Gasteiger partial charge in [-0.3, -0.25) is 0 Å². The molecule has 1 heterocycles. The molecule has 2 rings (SSSR count). The SMILES string of the molecule is OCCCc1ccc(-c2cccnn2)cc1. The van der Waals surface area contributed by atoms with Gasteiger partial charge in [0.25, 0.3) is 0 Å². The zero-order chi connectivity index (χ0) is 11.2. The van der Waals surface area contributed by atoms with E-state index in [4.69, 9.17) is 5.11 Å². The van der Waals surface area contributed by atoms with E-state index in [2.05, 4.69) is 22.3 Å². The number of rotatable bonds is 4. The maximum absolute atomic E-state index is 8.74. The average molecular weight is 214 g/mol. The molecule has 0 saturated carbocycles. The molecule has 1 aromatic carbocycles. The van der Waals surface area contributed by atoms with Crippen LogP contribution in [0.3, 0.4) is 0 Å². The van der Waals surface area contributed by atoms with Gasteiger partial charge in [0.2, 0.25) is 0 Å². The molecule has 0 unspecified atom stereocenters. The van der Waals surface area contributed by atoms with Gasteiger partial charge in [-0.05, 0) is 30.5 Å². The van der Waals surface area contributed by atoms with Crippen LogP contribution in [-0.4, -0.2) is 21.9 Å². The Morgan fingerprint density at radius 1 is 1.06 bits per heavy atom. The lowest BCUT2D eigenvalue weighted by atomic mass is 10.1. The van der Waals surface area contributed by atoms with E-state index < -0.39 is 0 Å². The molecule has 0 fully saturated rings. The molecule has 3 nitrogen and oxygen atoms in total. The van der Waals surface area contributed by atoms with Crippen molar-refractivity contribution < 1.29 is 5.11 Å². The number of aromatic nitrogens is 2. The second-order valence-corrected chi connectivity index (χ2v) is 3.63. The Morgan fingerprint density at radius 3 is 2.50 bits per heavy atom. The quantitative estimate of drug-likeness (QED) is 0.847. The number of aliphatic hydroxyl groups is 1. The predicted molar refractivity (Wildman–Crippen MR) is 62.9 cm³/mol. The molecule has 3 heteroatoms. The van der Waals surface area contributed by atoms with Crippen LogP contribution < -0.4 is 0 Å². The molecule has 1 N–H and O–H groups in total. The first-order valence-corrected chi connectivity index (χ1v) is 5.38. The van der Waals surface area contributed by atoms with Crippen molar-refractivity contribution >= 4 is 0 Å².